The second kappa shape index (κ2) is 10.8. The highest BCUT2D eigenvalue weighted by Gasteiger charge is 2.24. The van der Waals surface area contributed by atoms with Gasteiger partial charge >= 0.3 is 0 Å². The zero-order chi connectivity index (χ0) is 21.3. The number of hydrogen-bond acceptors (Lipinski definition) is 7. The molecule has 2 heterocycles. The third-order valence-electron chi connectivity index (χ3n) is 5.72. The van der Waals surface area contributed by atoms with Crippen LogP contribution in [0.25, 0.3) is 11.4 Å². The normalized spacial score (nSPS) is 15.5. The van der Waals surface area contributed by atoms with E-state index in [0.717, 1.165) is 25.2 Å². The lowest BCUT2D eigenvalue weighted by Crippen LogP contribution is -2.21. The fourth-order valence-corrected chi connectivity index (χ4v) is 4.06. The Morgan fingerprint density at radius 2 is 2.07 bits per heavy atom. The van der Waals surface area contributed by atoms with E-state index in [4.69, 9.17) is 9.73 Å². The molecule has 0 bridgehead atoms. The molecule has 1 saturated carbocycles. The largest absolute Gasteiger partial charge is 0.355 e. The molecule has 2 aromatic heterocycles. The van der Waals surface area contributed by atoms with Gasteiger partial charge in [-0.25, -0.2) is 5.48 Å². The third kappa shape index (κ3) is 5.85. The second-order valence-electron chi connectivity index (χ2n) is 7.87. The molecule has 0 unspecified atom stereocenters. The van der Waals surface area contributed by atoms with Gasteiger partial charge in [-0.3, -0.25) is 19.8 Å². The molecule has 0 aromatic carbocycles. The summed E-state index contributed by atoms with van der Waals surface area (Å²) in [5.41, 5.74) is 2.63. The second-order valence-corrected chi connectivity index (χ2v) is 7.87. The molecule has 0 radical (unpaired) electrons. The number of nitrogens with one attached hydrogen (secondary N) is 2. The first-order valence-electron chi connectivity index (χ1n) is 10.5. The van der Waals surface area contributed by atoms with Gasteiger partial charge in [0.05, 0.1) is 5.56 Å². The SMILES string of the molecule is CNC(=O)c1cncc(-c2noc([C@H](CCCC3CCCCC3)CC(=O)NO)n2)c1. The predicted octanol–water partition coefficient (Wildman–Crippen LogP) is 3.22. The molecular formula is C21H29N5O4. The lowest BCUT2D eigenvalue weighted by molar-refractivity contribution is -0.129. The van der Waals surface area contributed by atoms with E-state index in [9.17, 15) is 9.59 Å². The Bertz CT molecular complexity index is 847. The molecule has 0 saturated heterocycles. The molecule has 162 valence electrons. The summed E-state index contributed by atoms with van der Waals surface area (Å²) in [5, 5.41) is 15.5. The van der Waals surface area contributed by atoms with Gasteiger partial charge in [-0.1, -0.05) is 50.1 Å². The van der Waals surface area contributed by atoms with E-state index in [1.807, 2.05) is 0 Å². The van der Waals surface area contributed by atoms with E-state index in [0.29, 0.717) is 22.8 Å². The van der Waals surface area contributed by atoms with Gasteiger partial charge in [-0.2, -0.15) is 4.98 Å². The van der Waals surface area contributed by atoms with Crippen LogP contribution in [0.5, 0.6) is 0 Å². The van der Waals surface area contributed by atoms with E-state index >= 15 is 0 Å². The van der Waals surface area contributed by atoms with E-state index in [1.165, 1.54) is 38.3 Å². The summed E-state index contributed by atoms with van der Waals surface area (Å²) >= 11 is 0. The molecular weight excluding hydrogens is 386 g/mol. The van der Waals surface area contributed by atoms with Crippen LogP contribution < -0.4 is 10.8 Å². The van der Waals surface area contributed by atoms with Crippen molar-refractivity contribution in [1.29, 1.82) is 0 Å². The van der Waals surface area contributed by atoms with Crippen LogP contribution in [0, 0.1) is 5.92 Å². The molecule has 3 rings (SSSR count). The zero-order valence-electron chi connectivity index (χ0n) is 17.3. The van der Waals surface area contributed by atoms with Crippen molar-refractivity contribution in [3.05, 3.63) is 29.9 Å². The minimum Gasteiger partial charge on any atom is -0.355 e. The van der Waals surface area contributed by atoms with Crippen molar-refractivity contribution >= 4 is 11.8 Å². The summed E-state index contributed by atoms with van der Waals surface area (Å²) in [6.07, 6.45) is 12.4. The Kier molecular flexibility index (Phi) is 7.89. The smallest absolute Gasteiger partial charge is 0.252 e. The minimum atomic E-state index is -0.485. The van der Waals surface area contributed by atoms with Gasteiger partial charge < -0.3 is 9.84 Å². The summed E-state index contributed by atoms with van der Waals surface area (Å²) in [4.78, 5) is 32.1. The summed E-state index contributed by atoms with van der Waals surface area (Å²) in [6.45, 7) is 0. The summed E-state index contributed by atoms with van der Waals surface area (Å²) in [5.74, 6) is 0.390. The maximum Gasteiger partial charge on any atom is 0.252 e. The van der Waals surface area contributed by atoms with Gasteiger partial charge in [0.15, 0.2) is 0 Å². The number of nitrogens with zero attached hydrogens (tertiary/aromatic N) is 3. The molecule has 2 amide bonds. The molecule has 3 N–H and O–H groups in total. The number of hydroxylamine groups is 1. The summed E-state index contributed by atoms with van der Waals surface area (Å²) < 4.78 is 5.44. The standard InChI is InChI=1S/C21H29N5O4/c1-22-20(28)17-10-16(12-23-13-17)19-24-21(30-26-19)15(11-18(27)25-29)9-5-8-14-6-3-2-4-7-14/h10,12-15,29H,2-9,11H2,1H3,(H,22,28)(H,25,27)/t15-/m1/s1. The van der Waals surface area contributed by atoms with Crippen LogP contribution >= 0.6 is 0 Å². The van der Waals surface area contributed by atoms with Crippen molar-refractivity contribution in [3.8, 4) is 11.4 Å². The maximum atomic E-state index is 11.8. The molecule has 9 heteroatoms. The van der Waals surface area contributed by atoms with E-state index in [2.05, 4.69) is 20.4 Å². The van der Waals surface area contributed by atoms with Crippen molar-refractivity contribution in [2.24, 2.45) is 5.92 Å². The number of carbonyl (C=O) groups excluding carboxylic acids is 2. The van der Waals surface area contributed by atoms with Crippen LogP contribution in [0.3, 0.4) is 0 Å². The lowest BCUT2D eigenvalue weighted by atomic mass is 9.84. The van der Waals surface area contributed by atoms with Gasteiger partial charge in [-0.05, 0) is 18.4 Å². The third-order valence-corrected chi connectivity index (χ3v) is 5.72. The number of amides is 2. The van der Waals surface area contributed by atoms with Gasteiger partial charge in [0.2, 0.25) is 17.6 Å². The zero-order valence-corrected chi connectivity index (χ0v) is 17.3. The average Bonchev–Trinajstić information content (AvgIpc) is 3.29. The molecule has 0 spiro atoms. The molecule has 0 aliphatic heterocycles. The first-order valence-corrected chi connectivity index (χ1v) is 10.5. The maximum absolute atomic E-state index is 11.8. The van der Waals surface area contributed by atoms with E-state index in [-0.39, 0.29) is 18.2 Å². The quantitative estimate of drug-likeness (QED) is 0.423. The van der Waals surface area contributed by atoms with Crippen LogP contribution in [0.1, 0.15) is 80.0 Å². The fraction of sp³-hybridized carbons (Fsp3) is 0.571. The Morgan fingerprint density at radius 1 is 1.27 bits per heavy atom. The van der Waals surface area contributed by atoms with Crippen LogP contribution in [-0.2, 0) is 4.79 Å². The molecule has 1 aliphatic carbocycles. The number of carbonyl (C=O) groups is 2. The Balaban J connectivity index is 1.70. The van der Waals surface area contributed by atoms with Gasteiger partial charge in [-0.15, -0.1) is 0 Å². The van der Waals surface area contributed by atoms with Crippen LogP contribution in [0.2, 0.25) is 0 Å². The Hall–Kier alpha value is -2.81. The molecule has 1 aliphatic rings. The first kappa shape index (κ1) is 21.9. The number of hydrogen-bond donors (Lipinski definition) is 3. The number of pyridine rings is 1. The highest BCUT2D eigenvalue weighted by atomic mass is 16.5. The van der Waals surface area contributed by atoms with Gasteiger partial charge in [0.1, 0.15) is 0 Å². The number of rotatable bonds is 9. The Labute approximate surface area is 175 Å². The van der Waals surface area contributed by atoms with Crippen molar-refractivity contribution in [2.45, 2.75) is 63.7 Å². The van der Waals surface area contributed by atoms with Crippen LogP contribution in [0.4, 0.5) is 0 Å². The van der Waals surface area contributed by atoms with Crippen molar-refractivity contribution in [1.82, 2.24) is 25.9 Å². The molecule has 1 fully saturated rings. The Morgan fingerprint density at radius 3 is 2.80 bits per heavy atom. The molecule has 9 nitrogen and oxygen atoms in total. The van der Waals surface area contributed by atoms with Gasteiger partial charge in [0.25, 0.3) is 5.91 Å². The van der Waals surface area contributed by atoms with Crippen molar-refractivity contribution in [3.63, 3.8) is 0 Å². The molecule has 1 atom stereocenters. The topological polar surface area (TPSA) is 130 Å². The molecule has 2 aromatic rings. The minimum absolute atomic E-state index is 0.0688. The lowest BCUT2D eigenvalue weighted by Gasteiger charge is -2.22. The predicted molar refractivity (Wildman–Crippen MR) is 109 cm³/mol. The highest BCUT2D eigenvalue weighted by Crippen LogP contribution is 2.31. The van der Waals surface area contributed by atoms with Gasteiger partial charge in [0, 0.05) is 37.3 Å². The monoisotopic (exact) mass is 415 g/mol. The van der Waals surface area contributed by atoms with Crippen molar-refractivity contribution in [2.75, 3.05) is 7.05 Å². The summed E-state index contributed by atoms with van der Waals surface area (Å²) in [7, 11) is 1.55. The summed E-state index contributed by atoms with van der Waals surface area (Å²) in [6, 6.07) is 1.64. The first-order chi connectivity index (χ1) is 14.6. The highest BCUT2D eigenvalue weighted by molar-refractivity contribution is 5.94. The van der Waals surface area contributed by atoms with Crippen LogP contribution in [-0.4, -0.2) is 39.2 Å². The number of aromatic nitrogens is 3. The fourth-order valence-electron chi connectivity index (χ4n) is 4.06. The van der Waals surface area contributed by atoms with E-state index < -0.39 is 5.91 Å². The van der Waals surface area contributed by atoms with Crippen LogP contribution in [0.15, 0.2) is 23.0 Å². The molecule has 30 heavy (non-hydrogen) atoms. The van der Waals surface area contributed by atoms with E-state index in [1.54, 1.807) is 24.8 Å². The average molecular weight is 415 g/mol. The van der Waals surface area contributed by atoms with Crippen molar-refractivity contribution < 1.29 is 19.3 Å².